The van der Waals surface area contributed by atoms with Gasteiger partial charge in [0.1, 0.15) is 17.9 Å². The molecule has 0 atom stereocenters. The zero-order valence-corrected chi connectivity index (χ0v) is 19.7. The summed E-state index contributed by atoms with van der Waals surface area (Å²) in [6, 6.07) is 21.6. The van der Waals surface area contributed by atoms with Crippen LogP contribution in [0.15, 0.2) is 77.2 Å². The first-order valence-electron chi connectivity index (χ1n) is 11.2. The van der Waals surface area contributed by atoms with Crippen LogP contribution < -0.4 is 20.7 Å². The van der Waals surface area contributed by atoms with Gasteiger partial charge >= 0.3 is 0 Å². The standard InChI is InChI=1S/C27H28N4O4/c1-30(2)17-20-6-5-9-25-22(20)16-26(35-25)31(18-32)14-15-34-21-12-10-19(11-13-21)27(33)29-24-8-4-3-7-23(24)28/h3-13,16,18H,14-15,17,28H2,1-2H3,(H,29,33). The lowest BCUT2D eigenvalue weighted by atomic mass is 10.1. The number of carbonyl (C=O) groups is 2. The molecule has 0 saturated heterocycles. The second-order valence-corrected chi connectivity index (χ2v) is 8.36. The Kier molecular flexibility index (Phi) is 7.32. The van der Waals surface area contributed by atoms with Crippen molar-refractivity contribution in [2.24, 2.45) is 0 Å². The smallest absolute Gasteiger partial charge is 0.255 e. The third-order valence-corrected chi connectivity index (χ3v) is 5.46. The van der Waals surface area contributed by atoms with E-state index < -0.39 is 0 Å². The van der Waals surface area contributed by atoms with Gasteiger partial charge in [-0.3, -0.25) is 14.5 Å². The number of hydrogen-bond donors (Lipinski definition) is 2. The van der Waals surface area contributed by atoms with Crippen molar-refractivity contribution in [1.82, 2.24) is 4.90 Å². The predicted octanol–water partition coefficient (Wildman–Crippen LogP) is 4.37. The van der Waals surface area contributed by atoms with Crippen molar-refractivity contribution in [3.8, 4) is 5.75 Å². The highest BCUT2D eigenvalue weighted by Gasteiger charge is 2.14. The van der Waals surface area contributed by atoms with Crippen LogP contribution in [0.25, 0.3) is 11.0 Å². The molecular formula is C27H28N4O4. The number of nitrogens with two attached hydrogens (primary N) is 1. The SMILES string of the molecule is CN(C)Cc1cccc2oc(N(C=O)CCOc3ccc(C(=O)Nc4ccccc4N)cc3)cc12. The number of hydrogen-bond acceptors (Lipinski definition) is 6. The van der Waals surface area contributed by atoms with E-state index in [4.69, 9.17) is 14.9 Å². The molecule has 0 aliphatic carbocycles. The summed E-state index contributed by atoms with van der Waals surface area (Å²) in [4.78, 5) is 27.8. The zero-order valence-electron chi connectivity index (χ0n) is 19.7. The second kappa shape index (κ2) is 10.8. The van der Waals surface area contributed by atoms with Crippen LogP contribution >= 0.6 is 0 Å². The van der Waals surface area contributed by atoms with Crippen LogP contribution in [0.2, 0.25) is 0 Å². The maximum atomic E-state index is 12.5. The minimum atomic E-state index is -0.264. The van der Waals surface area contributed by atoms with Gasteiger partial charge in [0.25, 0.3) is 5.91 Å². The topological polar surface area (TPSA) is 101 Å². The quantitative estimate of drug-likeness (QED) is 0.263. The lowest BCUT2D eigenvalue weighted by Crippen LogP contribution is -2.26. The predicted molar refractivity (Wildman–Crippen MR) is 138 cm³/mol. The summed E-state index contributed by atoms with van der Waals surface area (Å²) in [5, 5.41) is 3.77. The Bertz CT molecular complexity index is 1310. The van der Waals surface area contributed by atoms with Gasteiger partial charge in [-0.2, -0.15) is 0 Å². The van der Waals surface area contributed by atoms with E-state index in [2.05, 4.69) is 16.3 Å². The number of carbonyl (C=O) groups excluding carboxylic acids is 2. The van der Waals surface area contributed by atoms with E-state index in [0.717, 1.165) is 29.5 Å². The largest absolute Gasteiger partial charge is 0.492 e. The van der Waals surface area contributed by atoms with Gasteiger partial charge in [-0.1, -0.05) is 24.3 Å². The molecule has 0 bridgehead atoms. The van der Waals surface area contributed by atoms with Crippen molar-refractivity contribution >= 4 is 40.5 Å². The number of nitrogen functional groups attached to an aromatic ring is 1. The Balaban J connectivity index is 1.35. The average Bonchev–Trinajstić information content (AvgIpc) is 3.28. The van der Waals surface area contributed by atoms with Gasteiger partial charge in [-0.05, 0) is 62.1 Å². The lowest BCUT2D eigenvalue weighted by Gasteiger charge is -2.14. The Labute approximate surface area is 203 Å². The van der Waals surface area contributed by atoms with Crippen LogP contribution in [0, 0.1) is 0 Å². The molecule has 1 heterocycles. The van der Waals surface area contributed by atoms with E-state index in [1.165, 1.54) is 4.90 Å². The molecule has 2 amide bonds. The molecule has 1 aromatic heterocycles. The van der Waals surface area contributed by atoms with Crippen LogP contribution in [0.4, 0.5) is 17.3 Å². The second-order valence-electron chi connectivity index (χ2n) is 8.36. The van der Waals surface area contributed by atoms with Crippen molar-refractivity contribution in [3.05, 3.63) is 83.9 Å². The minimum absolute atomic E-state index is 0.256. The monoisotopic (exact) mass is 472 g/mol. The highest BCUT2D eigenvalue weighted by Crippen LogP contribution is 2.29. The summed E-state index contributed by atoms with van der Waals surface area (Å²) in [5.41, 5.74) is 9.28. The number of nitrogens with zero attached hydrogens (tertiary/aromatic N) is 2. The Morgan fingerprint density at radius 3 is 2.54 bits per heavy atom. The van der Waals surface area contributed by atoms with Crippen molar-refractivity contribution in [2.75, 3.05) is 43.2 Å². The van der Waals surface area contributed by atoms with Crippen LogP contribution in [0.5, 0.6) is 5.75 Å². The maximum Gasteiger partial charge on any atom is 0.255 e. The van der Waals surface area contributed by atoms with Crippen molar-refractivity contribution in [2.45, 2.75) is 6.54 Å². The van der Waals surface area contributed by atoms with E-state index in [0.29, 0.717) is 35.1 Å². The molecule has 0 spiro atoms. The van der Waals surface area contributed by atoms with Crippen LogP contribution in [0.1, 0.15) is 15.9 Å². The van der Waals surface area contributed by atoms with Crippen molar-refractivity contribution < 1.29 is 18.7 Å². The number of para-hydroxylation sites is 2. The first kappa shape index (κ1) is 23.8. The van der Waals surface area contributed by atoms with Gasteiger partial charge in [-0.15, -0.1) is 0 Å². The molecule has 0 aliphatic rings. The molecule has 8 heteroatoms. The fourth-order valence-corrected chi connectivity index (χ4v) is 3.71. The summed E-state index contributed by atoms with van der Waals surface area (Å²) in [6.45, 7) is 1.33. The van der Waals surface area contributed by atoms with E-state index in [9.17, 15) is 9.59 Å². The molecular weight excluding hydrogens is 444 g/mol. The van der Waals surface area contributed by atoms with Crippen LogP contribution in [-0.4, -0.2) is 44.5 Å². The number of nitrogens with one attached hydrogen (secondary N) is 1. The third-order valence-electron chi connectivity index (χ3n) is 5.46. The number of amides is 2. The number of anilines is 3. The van der Waals surface area contributed by atoms with Gasteiger partial charge < -0.3 is 25.1 Å². The summed E-state index contributed by atoms with van der Waals surface area (Å²) in [6.07, 6.45) is 0.732. The van der Waals surface area contributed by atoms with Gasteiger partial charge in [0.15, 0.2) is 0 Å². The number of benzene rings is 3. The Hall–Kier alpha value is -4.30. The van der Waals surface area contributed by atoms with Crippen LogP contribution in [-0.2, 0) is 11.3 Å². The van der Waals surface area contributed by atoms with Crippen molar-refractivity contribution in [1.29, 1.82) is 0 Å². The molecule has 4 rings (SSSR count). The van der Waals surface area contributed by atoms with Gasteiger partial charge in [0.05, 0.1) is 17.9 Å². The summed E-state index contributed by atoms with van der Waals surface area (Å²) < 4.78 is 11.7. The number of fused-ring (bicyclic) bond motifs is 1. The van der Waals surface area contributed by atoms with Crippen molar-refractivity contribution in [3.63, 3.8) is 0 Å². The Morgan fingerprint density at radius 2 is 1.83 bits per heavy atom. The first-order valence-corrected chi connectivity index (χ1v) is 11.2. The molecule has 3 aromatic carbocycles. The third kappa shape index (κ3) is 5.80. The Morgan fingerprint density at radius 1 is 1.06 bits per heavy atom. The van der Waals surface area contributed by atoms with E-state index >= 15 is 0 Å². The average molecular weight is 473 g/mol. The highest BCUT2D eigenvalue weighted by molar-refractivity contribution is 6.05. The molecule has 35 heavy (non-hydrogen) atoms. The normalized spacial score (nSPS) is 10.9. The molecule has 3 N–H and O–H groups in total. The molecule has 0 fully saturated rings. The van der Waals surface area contributed by atoms with Gasteiger partial charge in [0, 0.05) is 23.6 Å². The first-order chi connectivity index (χ1) is 16.9. The molecule has 8 nitrogen and oxygen atoms in total. The highest BCUT2D eigenvalue weighted by atomic mass is 16.5. The molecule has 180 valence electrons. The zero-order chi connectivity index (χ0) is 24.8. The summed E-state index contributed by atoms with van der Waals surface area (Å²) in [5.74, 6) is 0.793. The fraction of sp³-hybridized carbons (Fsp3) is 0.185. The fourth-order valence-electron chi connectivity index (χ4n) is 3.71. The summed E-state index contributed by atoms with van der Waals surface area (Å²) in [7, 11) is 4.01. The molecule has 0 radical (unpaired) electrons. The molecule has 4 aromatic rings. The van der Waals surface area contributed by atoms with E-state index in [-0.39, 0.29) is 12.5 Å². The summed E-state index contributed by atoms with van der Waals surface area (Å²) >= 11 is 0. The number of furan rings is 1. The lowest BCUT2D eigenvalue weighted by molar-refractivity contribution is -0.107. The van der Waals surface area contributed by atoms with Gasteiger partial charge in [-0.25, -0.2) is 0 Å². The van der Waals surface area contributed by atoms with E-state index in [1.807, 2.05) is 32.3 Å². The minimum Gasteiger partial charge on any atom is -0.492 e. The van der Waals surface area contributed by atoms with E-state index in [1.54, 1.807) is 48.5 Å². The van der Waals surface area contributed by atoms with Crippen LogP contribution in [0.3, 0.4) is 0 Å². The maximum absolute atomic E-state index is 12.5. The molecule has 0 unspecified atom stereocenters. The molecule has 0 saturated carbocycles. The molecule has 0 aliphatic heterocycles. The number of rotatable bonds is 10. The van der Waals surface area contributed by atoms with Gasteiger partial charge in [0.2, 0.25) is 12.3 Å². The number of ether oxygens (including phenoxy) is 1.